The summed E-state index contributed by atoms with van der Waals surface area (Å²) in [6, 6.07) is 7.43. The predicted molar refractivity (Wildman–Crippen MR) is 63.0 cm³/mol. The van der Waals surface area contributed by atoms with Crippen LogP contribution >= 0.6 is 0 Å². The minimum atomic E-state index is -0.359. The molecule has 2 N–H and O–H groups in total. The molecule has 2 heteroatoms. The molecule has 1 rings (SSSR count). The Bertz CT molecular complexity index is 333. The first-order chi connectivity index (χ1) is 7.19. The number of Topliss-reactive ketones (excluding diaryl/α,β-unsaturated/α-hetero) is 1. The van der Waals surface area contributed by atoms with E-state index in [2.05, 4.69) is 13.0 Å². The van der Waals surface area contributed by atoms with Crippen molar-refractivity contribution >= 4 is 5.78 Å². The van der Waals surface area contributed by atoms with E-state index in [4.69, 9.17) is 5.73 Å². The predicted octanol–water partition coefficient (Wildman–Crippen LogP) is 2.56. The lowest BCUT2D eigenvalue weighted by Gasteiger charge is -2.08. The van der Waals surface area contributed by atoms with Crippen LogP contribution in [0.5, 0.6) is 0 Å². The molecule has 0 radical (unpaired) electrons. The molecular formula is C13H19NO. The van der Waals surface area contributed by atoms with Gasteiger partial charge >= 0.3 is 0 Å². The topological polar surface area (TPSA) is 43.1 Å². The van der Waals surface area contributed by atoms with E-state index in [-0.39, 0.29) is 11.8 Å². The molecular weight excluding hydrogens is 186 g/mol. The van der Waals surface area contributed by atoms with Gasteiger partial charge in [-0.1, -0.05) is 38.5 Å². The monoisotopic (exact) mass is 205 g/mol. The summed E-state index contributed by atoms with van der Waals surface area (Å²) >= 11 is 0. The molecule has 0 amide bonds. The molecule has 1 aromatic carbocycles. The molecule has 1 atom stereocenters. The maximum atomic E-state index is 11.8. The molecule has 0 aromatic heterocycles. The molecule has 2 nitrogen and oxygen atoms in total. The van der Waals surface area contributed by atoms with Crippen LogP contribution in [0, 0.1) is 0 Å². The number of hydrogen-bond acceptors (Lipinski definition) is 2. The Morgan fingerprint density at radius 2 is 2.13 bits per heavy atom. The fourth-order valence-electron chi connectivity index (χ4n) is 1.57. The molecule has 0 saturated carbocycles. The van der Waals surface area contributed by atoms with Crippen LogP contribution < -0.4 is 5.73 Å². The molecule has 0 aliphatic rings. The summed E-state index contributed by atoms with van der Waals surface area (Å²) in [5, 5.41) is 0. The molecule has 0 aliphatic carbocycles. The van der Waals surface area contributed by atoms with E-state index in [0.29, 0.717) is 6.42 Å². The van der Waals surface area contributed by atoms with E-state index in [1.165, 1.54) is 5.56 Å². The average molecular weight is 205 g/mol. The highest BCUT2D eigenvalue weighted by Crippen LogP contribution is 2.10. The van der Waals surface area contributed by atoms with Crippen LogP contribution in [-0.2, 0) is 6.42 Å². The molecule has 1 unspecified atom stereocenters. The van der Waals surface area contributed by atoms with Crippen molar-refractivity contribution < 1.29 is 4.79 Å². The zero-order valence-corrected chi connectivity index (χ0v) is 9.49. The summed E-state index contributed by atoms with van der Waals surface area (Å²) in [7, 11) is 0. The Morgan fingerprint density at radius 3 is 2.73 bits per heavy atom. The second-order valence-electron chi connectivity index (χ2n) is 3.83. The van der Waals surface area contributed by atoms with E-state index >= 15 is 0 Å². The van der Waals surface area contributed by atoms with Gasteiger partial charge in [0.05, 0.1) is 6.04 Å². The fourth-order valence-corrected chi connectivity index (χ4v) is 1.57. The first-order valence-corrected chi connectivity index (χ1v) is 5.57. The van der Waals surface area contributed by atoms with Crippen molar-refractivity contribution in [3.05, 3.63) is 35.4 Å². The summed E-state index contributed by atoms with van der Waals surface area (Å²) in [5.41, 5.74) is 7.68. The first-order valence-electron chi connectivity index (χ1n) is 5.57. The van der Waals surface area contributed by atoms with Crippen LogP contribution in [-0.4, -0.2) is 11.8 Å². The Labute approximate surface area is 91.5 Å². The lowest BCUT2D eigenvalue weighted by atomic mass is 9.99. The zero-order chi connectivity index (χ0) is 11.3. The number of hydrogen-bond donors (Lipinski definition) is 1. The smallest absolute Gasteiger partial charge is 0.179 e. The average Bonchev–Trinajstić information content (AvgIpc) is 2.28. The molecule has 0 saturated heterocycles. The molecule has 0 bridgehead atoms. The van der Waals surface area contributed by atoms with Gasteiger partial charge in [0.15, 0.2) is 5.78 Å². The van der Waals surface area contributed by atoms with Gasteiger partial charge in [-0.05, 0) is 24.5 Å². The Balaban J connectivity index is 2.85. The lowest BCUT2D eigenvalue weighted by molar-refractivity contribution is 0.0959. The van der Waals surface area contributed by atoms with Gasteiger partial charge in [-0.25, -0.2) is 0 Å². The van der Waals surface area contributed by atoms with Crippen LogP contribution in [0.25, 0.3) is 0 Å². The van der Waals surface area contributed by atoms with Crippen molar-refractivity contribution in [2.45, 2.75) is 39.2 Å². The largest absolute Gasteiger partial charge is 0.321 e. The van der Waals surface area contributed by atoms with E-state index in [9.17, 15) is 4.79 Å². The third kappa shape index (κ3) is 3.17. The minimum absolute atomic E-state index is 0.0513. The Hall–Kier alpha value is -1.15. The molecule has 15 heavy (non-hydrogen) atoms. The van der Waals surface area contributed by atoms with Crippen LogP contribution in [0.1, 0.15) is 42.6 Å². The molecule has 0 spiro atoms. The second-order valence-corrected chi connectivity index (χ2v) is 3.83. The summed E-state index contributed by atoms with van der Waals surface area (Å²) in [5.74, 6) is 0.0513. The SMILES string of the molecule is CCCc1cccc(C(=O)C(N)CC)c1. The Kier molecular flexibility index (Phi) is 4.50. The summed E-state index contributed by atoms with van der Waals surface area (Å²) in [4.78, 5) is 11.8. The van der Waals surface area contributed by atoms with Gasteiger partial charge < -0.3 is 5.73 Å². The van der Waals surface area contributed by atoms with Gasteiger partial charge in [-0.15, -0.1) is 0 Å². The number of carbonyl (C=O) groups is 1. The molecule has 1 aromatic rings. The number of benzene rings is 1. The molecule has 0 fully saturated rings. The molecule has 82 valence electrons. The number of rotatable bonds is 5. The summed E-state index contributed by atoms with van der Waals surface area (Å²) in [6.45, 7) is 4.06. The van der Waals surface area contributed by atoms with Crippen molar-refractivity contribution in [1.82, 2.24) is 0 Å². The number of carbonyl (C=O) groups excluding carboxylic acids is 1. The third-order valence-electron chi connectivity index (χ3n) is 2.53. The van der Waals surface area contributed by atoms with Gasteiger partial charge in [0, 0.05) is 5.56 Å². The Morgan fingerprint density at radius 1 is 1.40 bits per heavy atom. The minimum Gasteiger partial charge on any atom is -0.321 e. The van der Waals surface area contributed by atoms with Crippen LogP contribution in [0.2, 0.25) is 0 Å². The van der Waals surface area contributed by atoms with Crippen molar-refractivity contribution in [3.63, 3.8) is 0 Å². The lowest BCUT2D eigenvalue weighted by Crippen LogP contribution is -2.29. The van der Waals surface area contributed by atoms with Crippen molar-refractivity contribution in [2.75, 3.05) is 0 Å². The zero-order valence-electron chi connectivity index (χ0n) is 9.49. The van der Waals surface area contributed by atoms with Crippen molar-refractivity contribution in [3.8, 4) is 0 Å². The van der Waals surface area contributed by atoms with E-state index in [1.807, 2.05) is 25.1 Å². The summed E-state index contributed by atoms with van der Waals surface area (Å²) in [6.07, 6.45) is 2.80. The number of nitrogens with two attached hydrogens (primary N) is 1. The highest BCUT2D eigenvalue weighted by molar-refractivity contribution is 6.00. The van der Waals surface area contributed by atoms with Crippen molar-refractivity contribution in [2.24, 2.45) is 5.73 Å². The van der Waals surface area contributed by atoms with Gasteiger partial charge in [0.1, 0.15) is 0 Å². The standard InChI is InChI=1S/C13H19NO/c1-3-6-10-7-5-8-11(9-10)13(15)12(14)4-2/h5,7-9,12H,3-4,6,14H2,1-2H3. The van der Waals surface area contributed by atoms with Crippen LogP contribution in [0.15, 0.2) is 24.3 Å². The second kappa shape index (κ2) is 5.66. The first kappa shape index (κ1) is 11.9. The van der Waals surface area contributed by atoms with Gasteiger partial charge in [-0.2, -0.15) is 0 Å². The van der Waals surface area contributed by atoms with Crippen molar-refractivity contribution in [1.29, 1.82) is 0 Å². The maximum Gasteiger partial charge on any atom is 0.179 e. The van der Waals surface area contributed by atoms with E-state index < -0.39 is 0 Å². The normalized spacial score (nSPS) is 12.5. The number of aryl methyl sites for hydroxylation is 1. The molecule has 0 aliphatic heterocycles. The fraction of sp³-hybridized carbons (Fsp3) is 0.462. The van der Waals surface area contributed by atoms with Gasteiger partial charge in [0.25, 0.3) is 0 Å². The highest BCUT2D eigenvalue weighted by Gasteiger charge is 2.13. The quantitative estimate of drug-likeness (QED) is 0.751. The third-order valence-corrected chi connectivity index (χ3v) is 2.53. The highest BCUT2D eigenvalue weighted by atomic mass is 16.1. The van der Waals surface area contributed by atoms with E-state index in [1.54, 1.807) is 0 Å². The molecule has 0 heterocycles. The van der Waals surface area contributed by atoms with Gasteiger partial charge in [0.2, 0.25) is 0 Å². The number of ketones is 1. The van der Waals surface area contributed by atoms with Crippen LogP contribution in [0.4, 0.5) is 0 Å². The summed E-state index contributed by atoms with van der Waals surface area (Å²) < 4.78 is 0. The maximum absolute atomic E-state index is 11.8. The van der Waals surface area contributed by atoms with Crippen LogP contribution in [0.3, 0.4) is 0 Å². The van der Waals surface area contributed by atoms with E-state index in [0.717, 1.165) is 18.4 Å². The van der Waals surface area contributed by atoms with Gasteiger partial charge in [-0.3, -0.25) is 4.79 Å².